The minimum absolute atomic E-state index is 0.00538. The molecule has 0 radical (unpaired) electrons. The van der Waals surface area contributed by atoms with Gasteiger partial charge in [0.25, 0.3) is 5.56 Å². The molecule has 0 amide bonds. The molecular formula is C16H14Cl2N4O2. The highest BCUT2D eigenvalue weighted by molar-refractivity contribution is 6.35. The molecule has 0 bridgehead atoms. The van der Waals surface area contributed by atoms with Crippen LogP contribution in [0.25, 0.3) is 0 Å². The van der Waals surface area contributed by atoms with Crippen LogP contribution in [0.1, 0.15) is 24.5 Å². The number of pyridine rings is 1. The third-order valence-corrected chi connectivity index (χ3v) is 3.94. The van der Waals surface area contributed by atoms with E-state index >= 15 is 0 Å². The van der Waals surface area contributed by atoms with Gasteiger partial charge in [-0.05, 0) is 31.5 Å². The normalized spacial score (nSPS) is 11.0. The molecule has 1 N–H and O–H groups in total. The summed E-state index contributed by atoms with van der Waals surface area (Å²) in [7, 11) is 0. The third-order valence-electron chi connectivity index (χ3n) is 3.38. The molecule has 8 heteroatoms. The monoisotopic (exact) mass is 364 g/mol. The Kier molecular flexibility index (Phi) is 5.60. The van der Waals surface area contributed by atoms with Gasteiger partial charge in [-0.2, -0.15) is 5.26 Å². The average Bonchev–Trinajstić information content (AvgIpc) is 2.55. The van der Waals surface area contributed by atoms with E-state index in [1.54, 1.807) is 12.1 Å². The fourth-order valence-corrected chi connectivity index (χ4v) is 2.48. The predicted octanol–water partition coefficient (Wildman–Crippen LogP) is 4.87. The van der Waals surface area contributed by atoms with Crippen LogP contribution in [0.2, 0.25) is 10.0 Å². The highest BCUT2D eigenvalue weighted by atomic mass is 35.5. The lowest BCUT2D eigenvalue weighted by molar-refractivity contribution is 0.402. The van der Waals surface area contributed by atoms with Crippen molar-refractivity contribution in [3.63, 3.8) is 0 Å². The summed E-state index contributed by atoms with van der Waals surface area (Å²) in [6, 6.07) is 6.58. The van der Waals surface area contributed by atoms with E-state index in [0.717, 1.165) is 4.57 Å². The quantitative estimate of drug-likeness (QED) is 0.784. The first-order chi connectivity index (χ1) is 11.4. The van der Waals surface area contributed by atoms with Crippen LogP contribution in [0.5, 0.6) is 5.88 Å². The van der Waals surface area contributed by atoms with Gasteiger partial charge in [0.15, 0.2) is 5.69 Å². The fourth-order valence-electron chi connectivity index (χ4n) is 2.15. The molecule has 0 saturated heterocycles. The molecule has 0 aliphatic heterocycles. The van der Waals surface area contributed by atoms with Crippen molar-refractivity contribution in [1.29, 1.82) is 5.26 Å². The maximum atomic E-state index is 12.5. The minimum atomic E-state index is -0.521. The Labute approximate surface area is 148 Å². The van der Waals surface area contributed by atoms with Crippen LogP contribution < -0.4 is 5.56 Å². The molecule has 2 rings (SSSR count). The second-order valence-corrected chi connectivity index (χ2v) is 5.88. The predicted molar refractivity (Wildman–Crippen MR) is 92.7 cm³/mol. The van der Waals surface area contributed by atoms with E-state index in [2.05, 4.69) is 10.2 Å². The lowest BCUT2D eigenvalue weighted by Gasteiger charge is -2.11. The summed E-state index contributed by atoms with van der Waals surface area (Å²) < 4.78 is 1.11. The van der Waals surface area contributed by atoms with Gasteiger partial charge in [-0.15, -0.1) is 10.2 Å². The number of benzene rings is 1. The van der Waals surface area contributed by atoms with E-state index in [1.807, 2.05) is 13.0 Å². The third kappa shape index (κ3) is 3.42. The molecule has 0 spiro atoms. The zero-order valence-electron chi connectivity index (χ0n) is 13.0. The Bertz CT molecular complexity index is 914. The van der Waals surface area contributed by atoms with Crippen LogP contribution in [-0.2, 0) is 6.54 Å². The molecule has 24 heavy (non-hydrogen) atoms. The molecule has 1 heterocycles. The van der Waals surface area contributed by atoms with Crippen molar-refractivity contribution in [2.24, 2.45) is 10.2 Å². The summed E-state index contributed by atoms with van der Waals surface area (Å²) in [6.45, 7) is 3.65. The summed E-state index contributed by atoms with van der Waals surface area (Å²) in [5.74, 6) is -0.360. The van der Waals surface area contributed by atoms with E-state index < -0.39 is 5.56 Å². The van der Waals surface area contributed by atoms with Gasteiger partial charge in [-0.3, -0.25) is 9.36 Å². The van der Waals surface area contributed by atoms with Crippen LogP contribution in [0, 0.1) is 18.3 Å². The molecule has 1 aromatic heterocycles. The van der Waals surface area contributed by atoms with Gasteiger partial charge in [-0.1, -0.05) is 30.1 Å². The van der Waals surface area contributed by atoms with E-state index in [9.17, 15) is 15.2 Å². The summed E-state index contributed by atoms with van der Waals surface area (Å²) in [4.78, 5) is 12.5. The number of aromatic hydroxyl groups is 1. The first-order valence-electron chi connectivity index (χ1n) is 7.14. The topological polar surface area (TPSA) is 90.7 Å². The molecule has 0 aliphatic carbocycles. The van der Waals surface area contributed by atoms with Gasteiger partial charge >= 0.3 is 0 Å². The van der Waals surface area contributed by atoms with Crippen molar-refractivity contribution < 1.29 is 5.11 Å². The van der Waals surface area contributed by atoms with Crippen LogP contribution in [0.3, 0.4) is 0 Å². The second kappa shape index (κ2) is 7.47. The maximum absolute atomic E-state index is 12.5. The number of azo groups is 1. The highest BCUT2D eigenvalue weighted by Gasteiger charge is 2.18. The molecule has 6 nitrogen and oxygen atoms in total. The Morgan fingerprint density at radius 2 is 2.04 bits per heavy atom. The van der Waals surface area contributed by atoms with Crippen LogP contribution in [0.4, 0.5) is 11.4 Å². The van der Waals surface area contributed by atoms with E-state index in [0.29, 0.717) is 22.2 Å². The number of halogens is 2. The van der Waals surface area contributed by atoms with Crippen molar-refractivity contribution in [2.75, 3.05) is 0 Å². The zero-order valence-corrected chi connectivity index (χ0v) is 14.6. The first-order valence-corrected chi connectivity index (χ1v) is 7.89. The van der Waals surface area contributed by atoms with E-state index in [-0.39, 0.29) is 29.2 Å². The lowest BCUT2D eigenvalue weighted by atomic mass is 10.1. The van der Waals surface area contributed by atoms with E-state index in [4.69, 9.17) is 23.2 Å². The van der Waals surface area contributed by atoms with Crippen molar-refractivity contribution in [1.82, 2.24) is 4.57 Å². The summed E-state index contributed by atoms with van der Waals surface area (Å²) in [6.07, 6.45) is 0.609. The van der Waals surface area contributed by atoms with Crippen molar-refractivity contribution in [3.8, 4) is 11.9 Å². The smallest absolute Gasteiger partial charge is 0.281 e. The Morgan fingerprint density at radius 1 is 1.33 bits per heavy atom. The van der Waals surface area contributed by atoms with Crippen LogP contribution in [-0.4, -0.2) is 9.67 Å². The molecule has 0 unspecified atom stereocenters. The Morgan fingerprint density at radius 3 is 2.67 bits per heavy atom. The van der Waals surface area contributed by atoms with Crippen LogP contribution in [0.15, 0.2) is 33.2 Å². The zero-order chi connectivity index (χ0) is 17.9. The molecule has 0 aliphatic rings. The van der Waals surface area contributed by atoms with Gasteiger partial charge in [-0.25, -0.2) is 0 Å². The highest BCUT2D eigenvalue weighted by Crippen LogP contribution is 2.31. The van der Waals surface area contributed by atoms with Gasteiger partial charge < -0.3 is 5.11 Å². The summed E-state index contributed by atoms with van der Waals surface area (Å²) >= 11 is 11.9. The number of hydrogen-bond donors (Lipinski definition) is 1. The van der Waals surface area contributed by atoms with Gasteiger partial charge in [0, 0.05) is 17.1 Å². The summed E-state index contributed by atoms with van der Waals surface area (Å²) in [5, 5.41) is 28.0. The van der Waals surface area contributed by atoms with E-state index in [1.165, 1.54) is 13.0 Å². The molecule has 1 aromatic carbocycles. The van der Waals surface area contributed by atoms with Gasteiger partial charge in [0.1, 0.15) is 17.3 Å². The van der Waals surface area contributed by atoms with Crippen molar-refractivity contribution in [3.05, 3.63) is 49.7 Å². The SMILES string of the molecule is CCCn1c(O)c(C#N)c(C)c(N=Nc2cc(Cl)ccc2Cl)c1=O. The molecule has 2 aromatic rings. The summed E-state index contributed by atoms with van der Waals surface area (Å²) in [5.41, 5.74) is 0.0154. The number of hydrogen-bond acceptors (Lipinski definition) is 5. The fraction of sp³-hybridized carbons (Fsp3) is 0.250. The Balaban J connectivity index is 2.64. The maximum Gasteiger partial charge on any atom is 0.281 e. The van der Waals surface area contributed by atoms with Gasteiger partial charge in [0.2, 0.25) is 5.88 Å². The standard InChI is InChI=1S/C16H14Cl2N4O2/c1-3-6-22-15(23)11(8-19)9(2)14(16(22)24)21-20-13-7-10(17)4-5-12(13)18/h4-5,7,23H,3,6H2,1-2H3. The Hall–Kier alpha value is -2.36. The number of rotatable bonds is 4. The van der Waals surface area contributed by atoms with Crippen LogP contribution >= 0.6 is 23.2 Å². The number of nitriles is 1. The van der Waals surface area contributed by atoms with Gasteiger partial charge in [0.05, 0.1) is 5.02 Å². The average molecular weight is 365 g/mol. The molecule has 124 valence electrons. The largest absolute Gasteiger partial charge is 0.493 e. The lowest BCUT2D eigenvalue weighted by Crippen LogP contribution is -2.21. The molecule has 0 saturated carbocycles. The van der Waals surface area contributed by atoms with Crippen molar-refractivity contribution in [2.45, 2.75) is 26.8 Å². The molecular weight excluding hydrogens is 351 g/mol. The minimum Gasteiger partial charge on any atom is -0.493 e. The number of nitrogens with zero attached hydrogens (tertiary/aromatic N) is 4. The number of aromatic nitrogens is 1. The van der Waals surface area contributed by atoms with Crippen molar-refractivity contribution >= 4 is 34.6 Å². The first kappa shape index (κ1) is 18.0. The molecule has 0 fully saturated rings. The second-order valence-electron chi connectivity index (χ2n) is 5.04. The molecule has 0 atom stereocenters.